The number of nitrogens with one attached hydrogen (secondary N) is 1. The number of nitrogens with zero attached hydrogens (tertiary/aromatic N) is 2. The largest absolute Gasteiger partial charge is 0.381 e. The molecule has 2 aromatic rings. The molecule has 6 nitrogen and oxygen atoms in total. The van der Waals surface area contributed by atoms with Gasteiger partial charge in [0.2, 0.25) is 0 Å². The zero-order valence-electron chi connectivity index (χ0n) is 14.2. The molecule has 0 bridgehead atoms. The van der Waals surface area contributed by atoms with Crippen LogP contribution in [0.25, 0.3) is 11.3 Å². The molecule has 2 amide bonds. The highest BCUT2D eigenvalue weighted by Gasteiger charge is 2.34. The first-order chi connectivity index (χ1) is 12.3. The van der Waals surface area contributed by atoms with Gasteiger partial charge in [0, 0.05) is 36.7 Å². The van der Waals surface area contributed by atoms with E-state index in [-0.39, 0.29) is 6.03 Å². The van der Waals surface area contributed by atoms with Crippen molar-refractivity contribution in [2.24, 2.45) is 5.92 Å². The molecule has 2 aliphatic rings. The van der Waals surface area contributed by atoms with Crippen molar-refractivity contribution in [3.8, 4) is 11.3 Å². The van der Waals surface area contributed by atoms with Crippen molar-refractivity contribution in [2.75, 3.05) is 19.8 Å². The number of urea groups is 1. The molecule has 132 valence electrons. The van der Waals surface area contributed by atoms with Crippen LogP contribution >= 0.6 is 0 Å². The third kappa shape index (κ3) is 4.02. The number of hydrogen-bond donors (Lipinski definition) is 1. The minimum absolute atomic E-state index is 0.0212. The third-order valence-electron chi connectivity index (χ3n) is 4.77. The molecule has 0 unspecified atom stereocenters. The van der Waals surface area contributed by atoms with Gasteiger partial charge in [-0.25, -0.2) is 4.79 Å². The Morgan fingerprint density at radius 1 is 1.24 bits per heavy atom. The molecule has 4 rings (SSSR count). The summed E-state index contributed by atoms with van der Waals surface area (Å²) in [5.74, 6) is 1.12. The fourth-order valence-electron chi connectivity index (χ4n) is 3.20. The molecule has 1 N–H and O–H groups in total. The summed E-state index contributed by atoms with van der Waals surface area (Å²) >= 11 is 0. The van der Waals surface area contributed by atoms with Crippen LogP contribution in [0.4, 0.5) is 4.79 Å². The quantitative estimate of drug-likeness (QED) is 0.877. The van der Waals surface area contributed by atoms with E-state index in [1.807, 2.05) is 41.3 Å². The highest BCUT2D eigenvalue weighted by molar-refractivity contribution is 5.75. The predicted octanol–water partition coefficient (Wildman–Crippen LogP) is 3.05. The second-order valence-electron chi connectivity index (χ2n) is 6.82. The van der Waals surface area contributed by atoms with E-state index in [0.717, 1.165) is 50.3 Å². The molecule has 1 atom stereocenters. The first-order valence-corrected chi connectivity index (χ1v) is 8.93. The average Bonchev–Trinajstić information content (AvgIpc) is 3.16. The van der Waals surface area contributed by atoms with Crippen LogP contribution in [0.3, 0.4) is 0 Å². The maximum atomic E-state index is 12.6. The number of rotatable bonds is 6. The number of carbonyl (C=O) groups is 1. The molecule has 1 aromatic carbocycles. The van der Waals surface area contributed by atoms with Gasteiger partial charge in [-0.1, -0.05) is 35.5 Å². The van der Waals surface area contributed by atoms with Crippen LogP contribution in [0.2, 0.25) is 0 Å². The Labute approximate surface area is 147 Å². The lowest BCUT2D eigenvalue weighted by Crippen LogP contribution is -2.43. The van der Waals surface area contributed by atoms with E-state index in [1.165, 1.54) is 0 Å². The smallest absolute Gasteiger partial charge is 0.318 e. The molecular formula is C19H23N3O3. The standard InChI is InChI=1S/C19H23N3O3/c23-19(22(16-6-7-16)12-14-8-9-24-13-14)20-11-17-10-18(21-25-17)15-4-2-1-3-5-15/h1-5,10,14,16H,6-9,11-13H2,(H,20,23)/t14-/m1/s1. The number of hydrogen-bond acceptors (Lipinski definition) is 4. The van der Waals surface area contributed by atoms with E-state index in [2.05, 4.69) is 10.5 Å². The Hall–Kier alpha value is -2.34. The summed E-state index contributed by atoms with van der Waals surface area (Å²) in [5.41, 5.74) is 1.79. The summed E-state index contributed by atoms with van der Waals surface area (Å²) in [6.45, 7) is 2.70. The minimum atomic E-state index is -0.0212. The van der Waals surface area contributed by atoms with Crippen molar-refractivity contribution in [2.45, 2.75) is 31.8 Å². The average molecular weight is 341 g/mol. The molecule has 0 radical (unpaired) electrons. The van der Waals surface area contributed by atoms with Crippen LogP contribution in [0.15, 0.2) is 40.9 Å². The summed E-state index contributed by atoms with van der Waals surface area (Å²) < 4.78 is 10.8. The van der Waals surface area contributed by atoms with Crippen molar-refractivity contribution in [3.63, 3.8) is 0 Å². The molecule has 2 heterocycles. The van der Waals surface area contributed by atoms with E-state index in [4.69, 9.17) is 9.26 Å². The summed E-state index contributed by atoms with van der Waals surface area (Å²) in [4.78, 5) is 14.5. The molecule has 1 aliphatic carbocycles. The third-order valence-corrected chi connectivity index (χ3v) is 4.77. The summed E-state index contributed by atoms with van der Waals surface area (Å²) in [7, 11) is 0. The zero-order valence-corrected chi connectivity index (χ0v) is 14.2. The monoisotopic (exact) mass is 341 g/mol. The van der Waals surface area contributed by atoms with Gasteiger partial charge in [-0.15, -0.1) is 0 Å². The maximum absolute atomic E-state index is 12.6. The molecule has 2 fully saturated rings. The Balaban J connectivity index is 1.33. The molecule has 25 heavy (non-hydrogen) atoms. The second-order valence-corrected chi connectivity index (χ2v) is 6.82. The van der Waals surface area contributed by atoms with Crippen molar-refractivity contribution in [3.05, 3.63) is 42.2 Å². The van der Waals surface area contributed by atoms with Gasteiger partial charge in [-0.2, -0.15) is 0 Å². The maximum Gasteiger partial charge on any atom is 0.318 e. The van der Waals surface area contributed by atoms with E-state index in [0.29, 0.717) is 24.3 Å². The molecule has 6 heteroatoms. The Bertz CT molecular complexity index is 706. The Morgan fingerprint density at radius 3 is 2.80 bits per heavy atom. The van der Waals surface area contributed by atoms with Gasteiger partial charge in [0.05, 0.1) is 13.2 Å². The van der Waals surface area contributed by atoms with Crippen LogP contribution in [-0.2, 0) is 11.3 Å². The van der Waals surface area contributed by atoms with Gasteiger partial charge in [0.1, 0.15) is 5.69 Å². The first-order valence-electron chi connectivity index (χ1n) is 8.93. The molecular weight excluding hydrogens is 318 g/mol. The van der Waals surface area contributed by atoms with Crippen molar-refractivity contribution in [1.29, 1.82) is 0 Å². The lowest BCUT2D eigenvalue weighted by Gasteiger charge is -2.25. The molecule has 1 aliphatic heterocycles. The van der Waals surface area contributed by atoms with Crippen molar-refractivity contribution in [1.82, 2.24) is 15.4 Å². The summed E-state index contributed by atoms with van der Waals surface area (Å²) in [6, 6.07) is 12.1. The highest BCUT2D eigenvalue weighted by Crippen LogP contribution is 2.29. The number of aromatic nitrogens is 1. The van der Waals surface area contributed by atoms with Gasteiger partial charge in [-0.05, 0) is 19.3 Å². The van der Waals surface area contributed by atoms with Gasteiger partial charge >= 0.3 is 6.03 Å². The predicted molar refractivity (Wildman–Crippen MR) is 92.8 cm³/mol. The van der Waals surface area contributed by atoms with E-state index in [1.54, 1.807) is 0 Å². The summed E-state index contributed by atoms with van der Waals surface area (Å²) in [6.07, 6.45) is 3.24. The molecule has 1 aromatic heterocycles. The normalized spacial score (nSPS) is 19.8. The van der Waals surface area contributed by atoms with E-state index < -0.39 is 0 Å². The minimum Gasteiger partial charge on any atom is -0.381 e. The molecule has 1 saturated heterocycles. The number of carbonyl (C=O) groups excluding carboxylic acids is 1. The second kappa shape index (κ2) is 7.27. The van der Waals surface area contributed by atoms with E-state index in [9.17, 15) is 4.79 Å². The number of ether oxygens (including phenoxy) is 1. The van der Waals surface area contributed by atoms with E-state index >= 15 is 0 Å². The van der Waals surface area contributed by atoms with Crippen molar-refractivity contribution >= 4 is 6.03 Å². The fraction of sp³-hybridized carbons (Fsp3) is 0.474. The molecule has 1 saturated carbocycles. The lowest BCUT2D eigenvalue weighted by atomic mass is 10.1. The fourth-order valence-corrected chi connectivity index (χ4v) is 3.20. The van der Waals surface area contributed by atoms with Crippen molar-refractivity contribution < 1.29 is 14.1 Å². The lowest BCUT2D eigenvalue weighted by molar-refractivity contribution is 0.161. The molecule has 0 spiro atoms. The Kier molecular flexibility index (Phi) is 4.70. The Morgan fingerprint density at radius 2 is 2.08 bits per heavy atom. The van der Waals surface area contributed by atoms with Crippen LogP contribution in [0, 0.1) is 5.92 Å². The number of amides is 2. The van der Waals surface area contributed by atoms with Gasteiger partial charge in [0.25, 0.3) is 0 Å². The van der Waals surface area contributed by atoms with Gasteiger partial charge in [-0.3, -0.25) is 0 Å². The first kappa shape index (κ1) is 16.1. The number of benzene rings is 1. The summed E-state index contributed by atoms with van der Waals surface area (Å²) in [5, 5.41) is 7.05. The topological polar surface area (TPSA) is 67.6 Å². The van der Waals surface area contributed by atoms with Gasteiger partial charge < -0.3 is 19.5 Å². The zero-order chi connectivity index (χ0) is 17.1. The van der Waals surface area contributed by atoms with Crippen LogP contribution in [0.5, 0.6) is 0 Å². The van der Waals surface area contributed by atoms with Crippen LogP contribution < -0.4 is 5.32 Å². The van der Waals surface area contributed by atoms with Crippen LogP contribution in [-0.4, -0.2) is 41.9 Å². The SMILES string of the molecule is O=C(NCc1cc(-c2ccccc2)no1)N(C[C@H]1CCOC1)C1CC1. The van der Waals surface area contributed by atoms with Crippen LogP contribution in [0.1, 0.15) is 25.0 Å². The highest BCUT2D eigenvalue weighted by atomic mass is 16.5. The van der Waals surface area contributed by atoms with Gasteiger partial charge in [0.15, 0.2) is 5.76 Å².